The molecule has 88 valence electrons. The maximum absolute atomic E-state index is 3.65. The molecule has 0 N–H and O–H groups in total. The number of hydrogen-bond donors (Lipinski definition) is 0. The average Bonchev–Trinajstić information content (AvgIpc) is 2.84. The smallest absolute Gasteiger partial charge is 0.0635 e. The van der Waals surface area contributed by atoms with Gasteiger partial charge in [-0.05, 0) is 42.0 Å². The van der Waals surface area contributed by atoms with Gasteiger partial charge in [0.25, 0.3) is 0 Å². The summed E-state index contributed by atoms with van der Waals surface area (Å²) in [7, 11) is 2.20. The fraction of sp³-hybridized carbons (Fsp3) is 0.286. The highest BCUT2D eigenvalue weighted by molar-refractivity contribution is 9.10. The molecule has 1 aromatic heterocycles. The molecule has 0 radical (unpaired) electrons. The van der Waals surface area contributed by atoms with Crippen LogP contribution in [0.25, 0.3) is 0 Å². The summed E-state index contributed by atoms with van der Waals surface area (Å²) in [5.41, 5.74) is 2.81. The molecule has 1 aliphatic rings. The van der Waals surface area contributed by atoms with Crippen LogP contribution in [0.1, 0.15) is 22.9 Å². The van der Waals surface area contributed by atoms with Crippen LogP contribution in [0.2, 0.25) is 0 Å². The molecule has 17 heavy (non-hydrogen) atoms. The highest BCUT2D eigenvalue weighted by atomic mass is 79.9. The van der Waals surface area contributed by atoms with Crippen LogP contribution in [-0.2, 0) is 6.42 Å². The summed E-state index contributed by atoms with van der Waals surface area (Å²) in [6.45, 7) is 0. The lowest BCUT2D eigenvalue weighted by molar-refractivity contribution is 0.591. The van der Waals surface area contributed by atoms with Crippen LogP contribution >= 0.6 is 27.3 Å². The van der Waals surface area contributed by atoms with Gasteiger partial charge >= 0.3 is 0 Å². The zero-order chi connectivity index (χ0) is 11.8. The van der Waals surface area contributed by atoms with E-state index in [1.807, 2.05) is 11.3 Å². The van der Waals surface area contributed by atoms with Gasteiger partial charge in [0.2, 0.25) is 0 Å². The molecule has 0 spiro atoms. The Bertz CT molecular complexity index is 521. The van der Waals surface area contributed by atoms with Gasteiger partial charge in [0.05, 0.1) is 6.04 Å². The summed E-state index contributed by atoms with van der Waals surface area (Å²) >= 11 is 5.51. The topological polar surface area (TPSA) is 3.24 Å². The number of halogens is 1. The minimum atomic E-state index is 0.539. The Morgan fingerprint density at radius 1 is 1.29 bits per heavy atom. The minimum absolute atomic E-state index is 0.539. The van der Waals surface area contributed by atoms with Crippen molar-refractivity contribution in [2.24, 2.45) is 0 Å². The van der Waals surface area contributed by atoms with Gasteiger partial charge in [-0.3, -0.25) is 0 Å². The van der Waals surface area contributed by atoms with E-state index in [4.69, 9.17) is 0 Å². The molecule has 3 rings (SSSR count). The third-order valence-electron chi connectivity index (χ3n) is 3.48. The maximum atomic E-state index is 3.65. The summed E-state index contributed by atoms with van der Waals surface area (Å²) in [5, 5.41) is 2.17. The molecular weight excluding hydrogens is 294 g/mol. The van der Waals surface area contributed by atoms with Crippen molar-refractivity contribution in [3.05, 3.63) is 50.6 Å². The Kier molecular flexibility index (Phi) is 2.97. The van der Waals surface area contributed by atoms with Gasteiger partial charge in [-0.1, -0.05) is 28.1 Å². The molecule has 0 saturated carbocycles. The Morgan fingerprint density at radius 3 is 2.94 bits per heavy atom. The number of rotatable bonds is 1. The van der Waals surface area contributed by atoms with Crippen LogP contribution < -0.4 is 4.90 Å². The zero-order valence-corrected chi connectivity index (χ0v) is 12.1. The largest absolute Gasteiger partial charge is 0.366 e. The standard InChI is InChI=1S/C14H14BrNS/c1-16-12-5-2-4-11(15)10(12)7-8-13(16)14-6-3-9-17-14/h2-6,9,13H,7-8H2,1H3. The molecule has 3 heteroatoms. The van der Waals surface area contributed by atoms with Crippen molar-refractivity contribution in [3.8, 4) is 0 Å². The van der Waals surface area contributed by atoms with Crippen molar-refractivity contribution in [2.75, 3.05) is 11.9 Å². The normalized spacial score (nSPS) is 19.2. The van der Waals surface area contributed by atoms with Gasteiger partial charge in [0.1, 0.15) is 0 Å². The second-order valence-electron chi connectivity index (χ2n) is 4.42. The third kappa shape index (κ3) is 1.91. The first-order valence-corrected chi connectivity index (χ1v) is 7.48. The number of fused-ring (bicyclic) bond motifs is 1. The lowest BCUT2D eigenvalue weighted by Crippen LogP contribution is -2.28. The summed E-state index contributed by atoms with van der Waals surface area (Å²) < 4.78 is 1.24. The Hall–Kier alpha value is -0.800. The van der Waals surface area contributed by atoms with Gasteiger partial charge in [0, 0.05) is 22.1 Å². The van der Waals surface area contributed by atoms with Crippen LogP contribution in [0.4, 0.5) is 5.69 Å². The fourth-order valence-corrected chi connectivity index (χ4v) is 4.04. The molecular formula is C14H14BrNS. The quantitative estimate of drug-likeness (QED) is 0.742. The summed E-state index contributed by atoms with van der Waals surface area (Å²) in [4.78, 5) is 3.88. The molecule has 1 nitrogen and oxygen atoms in total. The number of nitrogens with zero attached hydrogens (tertiary/aromatic N) is 1. The molecule has 2 aromatic rings. The molecule has 0 fully saturated rings. The van der Waals surface area contributed by atoms with Crippen molar-refractivity contribution in [2.45, 2.75) is 18.9 Å². The number of thiophene rings is 1. The monoisotopic (exact) mass is 307 g/mol. The molecule has 0 saturated heterocycles. The van der Waals surface area contributed by atoms with Crippen molar-refractivity contribution >= 4 is 33.0 Å². The lowest BCUT2D eigenvalue weighted by Gasteiger charge is -2.36. The zero-order valence-electron chi connectivity index (χ0n) is 9.69. The molecule has 0 aliphatic carbocycles. The third-order valence-corrected chi connectivity index (χ3v) is 5.20. The van der Waals surface area contributed by atoms with Crippen LogP contribution in [0.5, 0.6) is 0 Å². The van der Waals surface area contributed by atoms with Crippen LogP contribution in [0, 0.1) is 0 Å². The highest BCUT2D eigenvalue weighted by Gasteiger charge is 2.26. The Labute approximate surface area is 114 Å². The number of benzene rings is 1. The molecule has 1 aromatic carbocycles. The van der Waals surface area contributed by atoms with Crippen LogP contribution in [0.3, 0.4) is 0 Å². The van der Waals surface area contributed by atoms with Gasteiger partial charge in [-0.2, -0.15) is 0 Å². The van der Waals surface area contributed by atoms with Gasteiger partial charge in [-0.15, -0.1) is 11.3 Å². The van der Waals surface area contributed by atoms with Gasteiger partial charge in [0.15, 0.2) is 0 Å². The second kappa shape index (κ2) is 4.46. The Balaban J connectivity index is 2.01. The van der Waals surface area contributed by atoms with Crippen LogP contribution in [0.15, 0.2) is 40.2 Å². The van der Waals surface area contributed by atoms with E-state index in [9.17, 15) is 0 Å². The summed E-state index contributed by atoms with van der Waals surface area (Å²) in [6, 6.07) is 11.4. The average molecular weight is 308 g/mol. The predicted octanol–water partition coefficient (Wildman–Crippen LogP) is 4.63. The number of anilines is 1. The first-order chi connectivity index (χ1) is 8.27. The van der Waals surface area contributed by atoms with Crippen molar-refractivity contribution in [1.29, 1.82) is 0 Å². The fourth-order valence-electron chi connectivity index (χ4n) is 2.58. The first kappa shape index (κ1) is 11.3. The minimum Gasteiger partial charge on any atom is -0.366 e. The second-order valence-corrected chi connectivity index (χ2v) is 6.25. The van der Waals surface area contributed by atoms with E-state index in [0.717, 1.165) is 6.42 Å². The molecule has 1 aliphatic heterocycles. The number of hydrogen-bond acceptors (Lipinski definition) is 2. The SMILES string of the molecule is CN1c2cccc(Br)c2CCC1c1cccs1. The molecule has 1 atom stereocenters. The van der Waals surface area contributed by atoms with E-state index in [-0.39, 0.29) is 0 Å². The highest BCUT2D eigenvalue weighted by Crippen LogP contribution is 2.41. The summed E-state index contributed by atoms with van der Waals surface area (Å²) in [5.74, 6) is 0. The van der Waals surface area contributed by atoms with E-state index in [0.29, 0.717) is 6.04 Å². The lowest BCUT2D eigenvalue weighted by atomic mass is 9.95. The molecule has 0 amide bonds. The van der Waals surface area contributed by atoms with E-state index in [1.165, 1.54) is 27.0 Å². The summed E-state index contributed by atoms with van der Waals surface area (Å²) in [6.07, 6.45) is 2.36. The first-order valence-electron chi connectivity index (χ1n) is 5.81. The predicted molar refractivity (Wildman–Crippen MR) is 77.9 cm³/mol. The van der Waals surface area contributed by atoms with Crippen molar-refractivity contribution < 1.29 is 0 Å². The van der Waals surface area contributed by atoms with E-state index >= 15 is 0 Å². The van der Waals surface area contributed by atoms with Crippen LogP contribution in [-0.4, -0.2) is 7.05 Å². The van der Waals surface area contributed by atoms with Crippen molar-refractivity contribution in [1.82, 2.24) is 0 Å². The van der Waals surface area contributed by atoms with Gasteiger partial charge in [-0.25, -0.2) is 0 Å². The molecule has 2 heterocycles. The van der Waals surface area contributed by atoms with Gasteiger partial charge < -0.3 is 4.90 Å². The molecule has 1 unspecified atom stereocenters. The van der Waals surface area contributed by atoms with E-state index < -0.39 is 0 Å². The Morgan fingerprint density at radius 2 is 2.18 bits per heavy atom. The van der Waals surface area contributed by atoms with E-state index in [1.54, 1.807) is 0 Å². The van der Waals surface area contributed by atoms with E-state index in [2.05, 4.69) is 63.6 Å². The maximum Gasteiger partial charge on any atom is 0.0635 e. The molecule has 0 bridgehead atoms. The van der Waals surface area contributed by atoms with Crippen molar-refractivity contribution in [3.63, 3.8) is 0 Å².